The van der Waals surface area contributed by atoms with E-state index in [9.17, 15) is 5.26 Å². The van der Waals surface area contributed by atoms with Crippen LogP contribution in [-0.4, -0.2) is 9.13 Å². The molecule has 3 nitrogen and oxygen atoms in total. The second-order valence-electron chi connectivity index (χ2n) is 14.7. The number of hydrogen-bond donors (Lipinski definition) is 0. The molecule has 0 spiro atoms. The van der Waals surface area contributed by atoms with Crippen LogP contribution in [0.2, 0.25) is 0 Å². The number of rotatable bonds is 6. The fourth-order valence-electron chi connectivity index (χ4n) is 9.23. The number of nitriles is 1. The van der Waals surface area contributed by atoms with Gasteiger partial charge in [-0.2, -0.15) is 5.26 Å². The van der Waals surface area contributed by atoms with Gasteiger partial charge in [0.1, 0.15) is 6.07 Å². The third-order valence-corrected chi connectivity index (χ3v) is 11.5. The van der Waals surface area contributed by atoms with E-state index in [2.05, 4.69) is 215 Å². The van der Waals surface area contributed by atoms with Gasteiger partial charge in [-0.1, -0.05) is 182 Å². The highest BCUT2D eigenvalue weighted by molar-refractivity contribution is 6.27. The highest BCUT2D eigenvalue weighted by Gasteiger charge is 2.31. The van der Waals surface area contributed by atoms with Crippen LogP contribution in [0.3, 0.4) is 0 Å². The van der Waals surface area contributed by atoms with E-state index in [1.165, 1.54) is 27.2 Å². The molecule has 0 atom stereocenters. The summed E-state index contributed by atoms with van der Waals surface area (Å²) in [5, 5.41) is 16.3. The highest BCUT2D eigenvalue weighted by atomic mass is 15.0. The van der Waals surface area contributed by atoms with Crippen LogP contribution in [0.15, 0.2) is 212 Å². The molecule has 270 valence electrons. The van der Waals surface area contributed by atoms with Crippen LogP contribution in [0.4, 0.5) is 0 Å². The van der Waals surface area contributed by atoms with Gasteiger partial charge in [-0.25, -0.2) is 0 Å². The van der Waals surface area contributed by atoms with Crippen LogP contribution >= 0.6 is 0 Å². The molecule has 0 aliphatic carbocycles. The molecule has 0 N–H and O–H groups in total. The lowest BCUT2D eigenvalue weighted by atomic mass is 9.79. The Balaban J connectivity index is 1.44. The Labute approximate surface area is 336 Å². The van der Waals surface area contributed by atoms with Crippen molar-refractivity contribution in [1.29, 1.82) is 5.26 Å². The maximum Gasteiger partial charge on any atom is 0.100 e. The van der Waals surface area contributed by atoms with Crippen molar-refractivity contribution < 1.29 is 0 Å². The average molecular weight is 738 g/mol. The van der Waals surface area contributed by atoms with Crippen molar-refractivity contribution in [2.75, 3.05) is 0 Å². The maximum atomic E-state index is 11.5. The monoisotopic (exact) mass is 737 g/mol. The normalized spacial score (nSPS) is 11.4. The molecule has 11 rings (SSSR count). The molecule has 11 aromatic rings. The molecule has 0 unspecified atom stereocenters. The molecule has 0 saturated heterocycles. The van der Waals surface area contributed by atoms with Crippen LogP contribution in [0.1, 0.15) is 5.56 Å². The van der Waals surface area contributed by atoms with Crippen LogP contribution in [0.5, 0.6) is 0 Å². The zero-order valence-corrected chi connectivity index (χ0v) is 31.5. The second kappa shape index (κ2) is 13.7. The van der Waals surface area contributed by atoms with Gasteiger partial charge in [-0.3, -0.25) is 0 Å². The number of hydrogen-bond acceptors (Lipinski definition) is 1. The summed E-state index contributed by atoms with van der Waals surface area (Å²) in [7, 11) is 0. The van der Waals surface area contributed by atoms with Crippen LogP contribution in [-0.2, 0) is 0 Å². The Morgan fingerprint density at radius 3 is 1.24 bits per heavy atom. The summed E-state index contributed by atoms with van der Waals surface area (Å²) in [6, 6.07) is 77.8. The minimum absolute atomic E-state index is 0.645. The predicted octanol–water partition coefficient (Wildman–Crippen LogP) is 14.4. The first-order valence-electron chi connectivity index (χ1n) is 19.7. The lowest BCUT2D eigenvalue weighted by Crippen LogP contribution is -2.07. The molecule has 3 heteroatoms. The minimum atomic E-state index is 0.645. The van der Waals surface area contributed by atoms with E-state index in [1.54, 1.807) is 0 Å². The topological polar surface area (TPSA) is 33.6 Å². The Hall–Kier alpha value is -7.93. The lowest BCUT2D eigenvalue weighted by molar-refractivity contribution is 1.17. The minimum Gasteiger partial charge on any atom is -0.309 e. The molecule has 0 amide bonds. The van der Waals surface area contributed by atoms with Crippen molar-refractivity contribution in [3.8, 4) is 62.0 Å². The van der Waals surface area contributed by atoms with Gasteiger partial charge in [-0.05, 0) is 52.6 Å². The first-order chi connectivity index (χ1) is 28.8. The highest BCUT2D eigenvalue weighted by Crippen LogP contribution is 2.53. The molecule has 0 radical (unpaired) electrons. The summed E-state index contributed by atoms with van der Waals surface area (Å²) < 4.78 is 4.92. The summed E-state index contributed by atoms with van der Waals surface area (Å²) in [6.07, 6.45) is 0. The van der Waals surface area contributed by atoms with Gasteiger partial charge < -0.3 is 9.13 Å². The van der Waals surface area contributed by atoms with Gasteiger partial charge in [0.2, 0.25) is 0 Å². The standard InChI is InChI=1S/C55H35N3/c56-36-45-49(37-20-6-1-7-21-37)51(39-24-10-3-11-25-39)55(52(40-26-12-4-13-27-40)50(45)38-22-8-2-9-23-38)58-47-33-19-17-31-44(47)53-48(58)35-34-43-42-30-16-18-32-46(42)57(54(43)53)41-28-14-5-15-29-41/h1-35H. The van der Waals surface area contributed by atoms with Gasteiger partial charge in [0.25, 0.3) is 0 Å². The summed E-state index contributed by atoms with van der Waals surface area (Å²) >= 11 is 0. The molecule has 9 aromatic carbocycles. The van der Waals surface area contributed by atoms with Crippen LogP contribution in [0, 0.1) is 11.3 Å². The average Bonchev–Trinajstić information content (AvgIpc) is 3.82. The van der Waals surface area contributed by atoms with Crippen molar-refractivity contribution in [2.45, 2.75) is 0 Å². The molecular formula is C55H35N3. The van der Waals surface area contributed by atoms with E-state index in [4.69, 9.17) is 0 Å². The quantitative estimate of drug-likeness (QED) is 0.167. The molecule has 2 aromatic heterocycles. The van der Waals surface area contributed by atoms with E-state index >= 15 is 0 Å². The van der Waals surface area contributed by atoms with E-state index in [0.29, 0.717) is 5.56 Å². The van der Waals surface area contributed by atoms with Gasteiger partial charge >= 0.3 is 0 Å². The number of para-hydroxylation sites is 3. The van der Waals surface area contributed by atoms with Crippen molar-refractivity contribution in [1.82, 2.24) is 9.13 Å². The first kappa shape index (κ1) is 33.4. The van der Waals surface area contributed by atoms with Gasteiger partial charge in [0.15, 0.2) is 0 Å². The molecule has 0 aliphatic rings. The SMILES string of the molecule is N#Cc1c(-c2ccccc2)c(-c2ccccc2)c(-n2c3ccccc3c3c2ccc2c4ccccc4n(-c4ccccc4)c23)c(-c2ccccc2)c1-c1ccccc1. The molecule has 0 bridgehead atoms. The van der Waals surface area contributed by atoms with Crippen molar-refractivity contribution in [2.24, 2.45) is 0 Å². The fraction of sp³-hybridized carbons (Fsp3) is 0. The third-order valence-electron chi connectivity index (χ3n) is 11.5. The van der Waals surface area contributed by atoms with Crippen LogP contribution < -0.4 is 0 Å². The number of fused-ring (bicyclic) bond motifs is 7. The van der Waals surface area contributed by atoms with Gasteiger partial charge in [0, 0.05) is 49.5 Å². The molecule has 2 heterocycles. The van der Waals surface area contributed by atoms with Crippen molar-refractivity contribution >= 4 is 43.6 Å². The van der Waals surface area contributed by atoms with Crippen molar-refractivity contribution in [3.05, 3.63) is 218 Å². The fourth-order valence-corrected chi connectivity index (χ4v) is 9.23. The summed E-state index contributed by atoms with van der Waals surface area (Å²) in [4.78, 5) is 0. The Bertz CT molecular complexity index is 3250. The zero-order chi connectivity index (χ0) is 38.6. The van der Waals surface area contributed by atoms with E-state index < -0.39 is 0 Å². The summed E-state index contributed by atoms with van der Waals surface area (Å²) in [5.41, 5.74) is 15.2. The second-order valence-corrected chi connectivity index (χ2v) is 14.7. The third kappa shape index (κ3) is 5.06. The van der Waals surface area contributed by atoms with Gasteiger partial charge in [0.05, 0.1) is 33.3 Å². The van der Waals surface area contributed by atoms with Gasteiger partial charge in [-0.15, -0.1) is 0 Å². The molecule has 0 saturated carbocycles. The smallest absolute Gasteiger partial charge is 0.100 e. The Morgan fingerprint density at radius 2 is 0.741 bits per heavy atom. The maximum absolute atomic E-state index is 11.5. The Morgan fingerprint density at radius 1 is 0.328 bits per heavy atom. The molecule has 58 heavy (non-hydrogen) atoms. The number of nitrogens with zero attached hydrogens (tertiary/aromatic N) is 3. The molecular weight excluding hydrogens is 703 g/mol. The van der Waals surface area contributed by atoms with Crippen LogP contribution in [0.25, 0.3) is 99.5 Å². The zero-order valence-electron chi connectivity index (χ0n) is 31.5. The Kier molecular flexibility index (Phi) is 7.88. The predicted molar refractivity (Wildman–Crippen MR) is 242 cm³/mol. The summed E-state index contributed by atoms with van der Waals surface area (Å²) in [5.74, 6) is 0. The summed E-state index contributed by atoms with van der Waals surface area (Å²) in [6.45, 7) is 0. The first-order valence-corrected chi connectivity index (χ1v) is 19.7. The van der Waals surface area contributed by atoms with E-state index in [1.807, 2.05) is 12.1 Å². The largest absolute Gasteiger partial charge is 0.309 e. The number of benzene rings is 9. The molecule has 0 fully saturated rings. The lowest BCUT2D eigenvalue weighted by Gasteiger charge is -2.27. The van der Waals surface area contributed by atoms with Crippen molar-refractivity contribution in [3.63, 3.8) is 0 Å². The molecule has 0 aliphatic heterocycles. The number of aromatic nitrogens is 2. The van der Waals surface area contributed by atoms with E-state index in [0.717, 1.165) is 72.3 Å². The van der Waals surface area contributed by atoms with E-state index in [-0.39, 0.29) is 0 Å².